The predicted molar refractivity (Wildman–Crippen MR) is 71.6 cm³/mol. The first kappa shape index (κ1) is 13.0. The van der Waals surface area contributed by atoms with Crippen LogP contribution in [-0.4, -0.2) is 23.8 Å². The summed E-state index contributed by atoms with van der Waals surface area (Å²) in [5.74, 6) is -0.118. The van der Waals surface area contributed by atoms with E-state index in [1.54, 1.807) is 0 Å². The number of ketones is 1. The third kappa shape index (κ3) is 2.38. The Hall–Kier alpha value is -1.43. The van der Waals surface area contributed by atoms with Crippen molar-refractivity contribution in [1.29, 1.82) is 0 Å². The van der Waals surface area contributed by atoms with E-state index in [-0.39, 0.29) is 16.9 Å². The quantitative estimate of drug-likeness (QED) is 0.480. The fourth-order valence-electron chi connectivity index (χ4n) is 2.19. The topological polar surface area (TPSA) is 63.4 Å². The Kier molecular flexibility index (Phi) is 3.14. The van der Waals surface area contributed by atoms with Gasteiger partial charge in [0.05, 0.1) is 9.80 Å². The average molecular weight is 268 g/mol. The largest absolute Gasteiger partial charge is 0.357 e. The number of nitrogens with zero attached hydrogens (tertiary/aromatic N) is 2. The van der Waals surface area contributed by atoms with Crippen molar-refractivity contribution in [3.05, 3.63) is 21.1 Å². The molecule has 6 heteroatoms. The number of hydrogen-bond acceptors (Lipinski definition) is 5. The van der Waals surface area contributed by atoms with E-state index >= 15 is 0 Å². The van der Waals surface area contributed by atoms with E-state index in [4.69, 9.17) is 0 Å². The average Bonchev–Trinajstić information content (AvgIpc) is 2.80. The van der Waals surface area contributed by atoms with Crippen LogP contribution < -0.4 is 4.90 Å². The second-order valence-corrected chi connectivity index (χ2v) is 6.48. The summed E-state index contributed by atoms with van der Waals surface area (Å²) >= 11 is 1.23. The van der Waals surface area contributed by atoms with Gasteiger partial charge in [-0.2, -0.15) is 0 Å². The first-order valence-corrected chi connectivity index (χ1v) is 6.66. The first-order chi connectivity index (χ1) is 8.30. The van der Waals surface area contributed by atoms with Gasteiger partial charge in [0.1, 0.15) is 0 Å². The number of hydrogen-bond donors (Lipinski definition) is 0. The van der Waals surface area contributed by atoms with Gasteiger partial charge in [0.25, 0.3) is 0 Å². The smallest absolute Gasteiger partial charge is 0.304 e. The molecule has 1 saturated heterocycles. The van der Waals surface area contributed by atoms with Crippen molar-refractivity contribution >= 4 is 27.8 Å². The van der Waals surface area contributed by atoms with E-state index in [0.29, 0.717) is 9.88 Å². The molecular weight excluding hydrogens is 252 g/mol. The molecule has 5 nitrogen and oxygen atoms in total. The Bertz CT molecular complexity index is 507. The monoisotopic (exact) mass is 268 g/mol. The highest BCUT2D eigenvalue weighted by Gasteiger charge is 2.34. The Labute approximate surface area is 110 Å². The van der Waals surface area contributed by atoms with Gasteiger partial charge in [-0.3, -0.25) is 14.9 Å². The minimum atomic E-state index is -0.399. The molecule has 1 aromatic heterocycles. The summed E-state index contributed by atoms with van der Waals surface area (Å²) in [5.41, 5.74) is 0.233. The summed E-state index contributed by atoms with van der Waals surface area (Å²) in [6, 6.07) is 1.40. The van der Waals surface area contributed by atoms with Crippen LogP contribution in [0.5, 0.6) is 0 Å². The second kappa shape index (κ2) is 4.35. The van der Waals surface area contributed by atoms with Crippen molar-refractivity contribution in [2.24, 2.45) is 5.41 Å². The summed E-state index contributed by atoms with van der Waals surface area (Å²) in [6.45, 7) is 7.35. The minimum Gasteiger partial charge on any atom is -0.357 e. The number of Topliss-reactive ketones (excluding diaryl/α,β-unsaturated/α-hetero) is 1. The maximum absolute atomic E-state index is 11.3. The van der Waals surface area contributed by atoms with Crippen LogP contribution in [0.2, 0.25) is 0 Å². The molecule has 2 rings (SSSR count). The summed E-state index contributed by atoms with van der Waals surface area (Å²) in [7, 11) is 0. The van der Waals surface area contributed by atoms with Crippen molar-refractivity contribution in [2.75, 3.05) is 18.0 Å². The standard InChI is InChI=1S/C12H16N2O3S/c1-8(15)10-6-9(14(16)17)11(18-10)13-5-4-12(2,3)7-13/h6H,4-5,7H2,1-3H3. The van der Waals surface area contributed by atoms with E-state index in [1.807, 2.05) is 4.90 Å². The summed E-state index contributed by atoms with van der Waals surface area (Å²) in [5, 5.41) is 11.7. The highest BCUT2D eigenvalue weighted by Crippen LogP contribution is 2.42. The molecule has 0 amide bonds. The zero-order chi connectivity index (χ0) is 13.5. The molecule has 0 saturated carbocycles. The van der Waals surface area contributed by atoms with E-state index in [9.17, 15) is 14.9 Å². The van der Waals surface area contributed by atoms with Gasteiger partial charge in [-0.15, -0.1) is 11.3 Å². The van der Waals surface area contributed by atoms with Crippen molar-refractivity contribution < 1.29 is 9.72 Å². The van der Waals surface area contributed by atoms with Crippen LogP contribution in [0.25, 0.3) is 0 Å². The van der Waals surface area contributed by atoms with Crippen LogP contribution in [0.3, 0.4) is 0 Å². The van der Waals surface area contributed by atoms with Crippen LogP contribution in [-0.2, 0) is 0 Å². The molecule has 0 atom stereocenters. The first-order valence-electron chi connectivity index (χ1n) is 5.84. The van der Waals surface area contributed by atoms with Crippen molar-refractivity contribution in [1.82, 2.24) is 0 Å². The number of thiophene rings is 1. The van der Waals surface area contributed by atoms with Crippen molar-refractivity contribution in [3.63, 3.8) is 0 Å². The molecule has 0 aromatic carbocycles. The predicted octanol–water partition coefficient (Wildman–Crippen LogP) is 3.10. The minimum absolute atomic E-state index is 0.0582. The third-order valence-electron chi connectivity index (χ3n) is 3.20. The molecule has 1 fully saturated rings. The molecule has 98 valence electrons. The number of carbonyl (C=O) groups is 1. The van der Waals surface area contributed by atoms with E-state index < -0.39 is 4.92 Å². The number of rotatable bonds is 3. The number of carbonyl (C=O) groups excluding carboxylic acids is 1. The van der Waals surface area contributed by atoms with Gasteiger partial charge < -0.3 is 4.90 Å². The zero-order valence-corrected chi connectivity index (χ0v) is 11.5. The lowest BCUT2D eigenvalue weighted by atomic mass is 9.93. The molecule has 18 heavy (non-hydrogen) atoms. The second-order valence-electron chi connectivity index (χ2n) is 5.45. The molecule has 1 aliphatic heterocycles. The normalized spacial score (nSPS) is 18.1. The summed E-state index contributed by atoms with van der Waals surface area (Å²) < 4.78 is 0. The van der Waals surface area contributed by atoms with Gasteiger partial charge in [-0.25, -0.2) is 0 Å². The molecular formula is C12H16N2O3S. The van der Waals surface area contributed by atoms with Gasteiger partial charge in [-0.1, -0.05) is 13.8 Å². The van der Waals surface area contributed by atoms with E-state index in [0.717, 1.165) is 19.5 Å². The van der Waals surface area contributed by atoms with Crippen molar-refractivity contribution in [2.45, 2.75) is 27.2 Å². The third-order valence-corrected chi connectivity index (χ3v) is 4.49. The number of anilines is 1. The molecule has 1 aromatic rings. The molecule has 0 unspecified atom stereocenters. The fourth-order valence-corrected chi connectivity index (χ4v) is 3.23. The lowest BCUT2D eigenvalue weighted by Gasteiger charge is -2.19. The molecule has 0 spiro atoms. The maximum atomic E-state index is 11.3. The van der Waals surface area contributed by atoms with Crippen molar-refractivity contribution in [3.8, 4) is 0 Å². The molecule has 0 aliphatic carbocycles. The highest BCUT2D eigenvalue weighted by atomic mass is 32.1. The molecule has 0 radical (unpaired) electrons. The van der Waals surface area contributed by atoms with Gasteiger partial charge in [0, 0.05) is 19.2 Å². The lowest BCUT2D eigenvalue weighted by molar-refractivity contribution is -0.383. The highest BCUT2D eigenvalue weighted by molar-refractivity contribution is 7.18. The molecule has 0 bridgehead atoms. The summed E-state index contributed by atoms with van der Waals surface area (Å²) in [6.07, 6.45) is 1.01. The fraction of sp³-hybridized carbons (Fsp3) is 0.583. The lowest BCUT2D eigenvalue weighted by Crippen LogP contribution is -2.22. The maximum Gasteiger partial charge on any atom is 0.304 e. The van der Waals surface area contributed by atoms with Crippen LogP contribution in [0, 0.1) is 15.5 Å². The number of nitro groups is 1. The zero-order valence-electron chi connectivity index (χ0n) is 10.7. The Balaban J connectivity index is 2.38. The van der Waals surface area contributed by atoms with Gasteiger partial charge >= 0.3 is 5.69 Å². The molecule has 2 heterocycles. The SMILES string of the molecule is CC(=O)c1cc([N+](=O)[O-])c(N2CCC(C)(C)C2)s1. The van der Waals surface area contributed by atoms with Crippen LogP contribution in [0.1, 0.15) is 36.9 Å². The molecule has 1 aliphatic rings. The Morgan fingerprint density at radius 2 is 2.22 bits per heavy atom. The van der Waals surface area contributed by atoms with Crippen LogP contribution >= 0.6 is 11.3 Å². The van der Waals surface area contributed by atoms with Crippen LogP contribution in [0.4, 0.5) is 10.7 Å². The summed E-state index contributed by atoms with van der Waals surface area (Å²) in [4.78, 5) is 24.5. The van der Waals surface area contributed by atoms with E-state index in [2.05, 4.69) is 13.8 Å². The van der Waals surface area contributed by atoms with E-state index in [1.165, 1.54) is 24.3 Å². The molecule has 0 N–H and O–H groups in total. The van der Waals surface area contributed by atoms with Gasteiger partial charge in [-0.05, 0) is 18.8 Å². The van der Waals surface area contributed by atoms with Crippen LogP contribution in [0.15, 0.2) is 6.07 Å². The Morgan fingerprint density at radius 1 is 1.56 bits per heavy atom. The Morgan fingerprint density at radius 3 is 2.67 bits per heavy atom. The van der Waals surface area contributed by atoms with Gasteiger partial charge in [0.2, 0.25) is 0 Å². The van der Waals surface area contributed by atoms with Gasteiger partial charge in [0.15, 0.2) is 10.8 Å².